The van der Waals surface area contributed by atoms with Crippen LogP contribution in [-0.4, -0.2) is 138 Å². The second-order valence-corrected chi connectivity index (χ2v) is 19.6. The Morgan fingerprint density at radius 3 is 1.42 bits per heavy atom. The average molecular weight is 920 g/mol. The van der Waals surface area contributed by atoms with E-state index in [2.05, 4.69) is 5.32 Å². The standard InChI is InChI=1S/C14H19NO7S2.C12H15NO5S.C12H15NO3.ClH/c1-21-14(16)13-12(8-9-15(13)23(2,17)18)10-4-6-11(7-5-10)22-24(3,19)20;1-19(17,18)13-7-6-10(11(13)12(15)16)8-2-4-9(14)5-3-8;1-16-12(15)11-10(6-7-13-11)8-2-4-9(14)5-3-8;/h4-7,12-13H,8-9H2,1-3H3;2-5,10-11,14H,6-7H2,1H3,(H,15,16);2-5,10-11,13-14H,6-7H2,1H3;1H. The maximum atomic E-state index is 12.1. The lowest BCUT2D eigenvalue weighted by molar-refractivity contribution is -0.145. The number of hydrogen-bond acceptors (Lipinski definition) is 15. The number of aliphatic carboxylic acids is 1. The molecule has 3 aliphatic heterocycles. The Labute approximate surface area is 356 Å². The normalized spacial score (nSPS) is 23.1. The maximum absolute atomic E-state index is 12.1. The van der Waals surface area contributed by atoms with E-state index < -0.39 is 60.1 Å². The number of halogens is 1. The number of aromatic hydroxyl groups is 2. The number of esters is 2. The lowest BCUT2D eigenvalue weighted by Crippen LogP contribution is -2.42. The summed E-state index contributed by atoms with van der Waals surface area (Å²) in [6, 6.07) is 17.1. The van der Waals surface area contributed by atoms with Crippen LogP contribution in [0.1, 0.15) is 53.7 Å². The van der Waals surface area contributed by atoms with Gasteiger partial charge >= 0.3 is 28.0 Å². The quantitative estimate of drug-likeness (QED) is 0.168. The van der Waals surface area contributed by atoms with E-state index in [0.717, 1.165) is 51.5 Å². The Morgan fingerprint density at radius 2 is 1.02 bits per heavy atom. The minimum absolute atomic E-state index is 0. The fourth-order valence-corrected chi connectivity index (χ4v) is 10.1. The number of sulfonamides is 2. The van der Waals surface area contributed by atoms with Crippen molar-refractivity contribution in [1.82, 2.24) is 13.9 Å². The number of nitrogens with one attached hydrogen (secondary N) is 1. The third-order valence-electron chi connectivity index (χ3n) is 10.1. The minimum atomic E-state index is -3.63. The molecule has 0 bridgehead atoms. The summed E-state index contributed by atoms with van der Waals surface area (Å²) in [4.78, 5) is 35.0. The highest BCUT2D eigenvalue weighted by Gasteiger charge is 2.46. The van der Waals surface area contributed by atoms with Crippen LogP contribution >= 0.6 is 12.4 Å². The van der Waals surface area contributed by atoms with E-state index in [9.17, 15) is 55.0 Å². The summed E-state index contributed by atoms with van der Waals surface area (Å²) in [7, 11) is -8.11. The van der Waals surface area contributed by atoms with Crippen molar-refractivity contribution in [2.45, 2.75) is 55.1 Å². The summed E-state index contributed by atoms with van der Waals surface area (Å²) in [5, 5.41) is 30.9. The predicted octanol–water partition coefficient (Wildman–Crippen LogP) is 2.34. The summed E-state index contributed by atoms with van der Waals surface area (Å²) < 4.78 is 85.6. The monoisotopic (exact) mass is 919 g/mol. The number of ether oxygens (including phenoxy) is 2. The van der Waals surface area contributed by atoms with Gasteiger partial charge in [-0.1, -0.05) is 36.4 Å². The van der Waals surface area contributed by atoms with Crippen LogP contribution in [-0.2, 0) is 54.0 Å². The lowest BCUT2D eigenvalue weighted by atomic mass is 9.92. The molecule has 0 amide bonds. The third-order valence-corrected chi connectivity index (χ3v) is 13.1. The fraction of sp³-hybridized carbons (Fsp3) is 0.447. The molecule has 3 aromatic carbocycles. The van der Waals surface area contributed by atoms with Gasteiger partial charge in [0.25, 0.3) is 0 Å². The number of methoxy groups -OCH3 is 2. The molecule has 6 atom stereocenters. The SMILES string of the molecule is COC(=O)C1C(c2ccc(OS(C)(=O)=O)cc2)CCN1S(C)(=O)=O.COC(=O)C1NCCC1c1ccc(O)cc1.CS(=O)(=O)N1CCC(c2ccc(O)cc2)C1C(=O)O.Cl. The van der Waals surface area contributed by atoms with Crippen LogP contribution < -0.4 is 9.50 Å². The molecule has 0 spiro atoms. The molecular formula is C38H50ClN3O15S3. The van der Waals surface area contributed by atoms with Gasteiger partial charge in [0.2, 0.25) is 20.0 Å². The van der Waals surface area contributed by atoms with Gasteiger partial charge in [0.05, 0.1) is 33.0 Å². The minimum Gasteiger partial charge on any atom is -0.508 e. The molecular weight excluding hydrogens is 870 g/mol. The number of rotatable bonds is 10. The van der Waals surface area contributed by atoms with Gasteiger partial charge in [-0.05, 0) is 78.9 Å². The fourth-order valence-electron chi connectivity index (χ4n) is 7.49. The number of phenolic OH excluding ortho intramolecular Hbond substituents is 2. The van der Waals surface area contributed by atoms with E-state index in [1.165, 1.54) is 38.5 Å². The number of carbonyl (C=O) groups is 3. The van der Waals surface area contributed by atoms with Crippen LogP contribution in [0.15, 0.2) is 72.8 Å². The molecule has 3 saturated heterocycles. The van der Waals surface area contributed by atoms with Gasteiger partial charge in [-0.2, -0.15) is 17.0 Å². The molecule has 3 aromatic rings. The zero-order valence-corrected chi connectivity index (χ0v) is 36.7. The van der Waals surface area contributed by atoms with Gasteiger partial charge in [-0.3, -0.25) is 14.4 Å². The van der Waals surface area contributed by atoms with Gasteiger partial charge < -0.3 is 34.3 Å². The van der Waals surface area contributed by atoms with Crippen molar-refractivity contribution in [2.24, 2.45) is 0 Å². The molecule has 332 valence electrons. The number of phenols is 2. The molecule has 0 aliphatic carbocycles. The summed E-state index contributed by atoms with van der Waals surface area (Å²) in [6.07, 6.45) is 4.82. The Balaban J connectivity index is 0.000000243. The summed E-state index contributed by atoms with van der Waals surface area (Å²) in [6.45, 7) is 1.22. The summed E-state index contributed by atoms with van der Waals surface area (Å²) in [5.74, 6) is -2.16. The van der Waals surface area contributed by atoms with Crippen molar-refractivity contribution in [3.05, 3.63) is 89.5 Å². The lowest BCUT2D eigenvalue weighted by Gasteiger charge is -2.24. The van der Waals surface area contributed by atoms with E-state index in [1.807, 2.05) is 12.1 Å². The second kappa shape index (κ2) is 20.8. The predicted molar refractivity (Wildman–Crippen MR) is 222 cm³/mol. The Kier molecular flexibility index (Phi) is 17.3. The first-order chi connectivity index (χ1) is 27.5. The molecule has 3 fully saturated rings. The van der Waals surface area contributed by atoms with Gasteiger partial charge in [0, 0.05) is 30.8 Å². The number of hydrogen-bond donors (Lipinski definition) is 4. The highest BCUT2D eigenvalue weighted by Crippen LogP contribution is 2.37. The first-order valence-corrected chi connectivity index (χ1v) is 23.7. The van der Waals surface area contributed by atoms with Crippen molar-refractivity contribution in [3.63, 3.8) is 0 Å². The number of carbonyl (C=O) groups excluding carboxylic acids is 2. The smallest absolute Gasteiger partial charge is 0.324 e. The van der Waals surface area contributed by atoms with Crippen LogP contribution in [0.4, 0.5) is 0 Å². The first kappa shape index (κ1) is 49.8. The van der Waals surface area contributed by atoms with Crippen molar-refractivity contribution in [2.75, 3.05) is 52.6 Å². The number of carboxylic acids is 1. The van der Waals surface area contributed by atoms with E-state index in [4.69, 9.17) is 13.7 Å². The van der Waals surface area contributed by atoms with Crippen molar-refractivity contribution < 1.29 is 68.6 Å². The summed E-state index contributed by atoms with van der Waals surface area (Å²) >= 11 is 0. The first-order valence-electron chi connectivity index (χ1n) is 18.2. The van der Waals surface area contributed by atoms with Crippen molar-refractivity contribution >= 4 is 60.5 Å². The Bertz CT molecular complexity index is 2280. The third kappa shape index (κ3) is 13.0. The number of benzene rings is 3. The molecule has 22 heteroatoms. The Morgan fingerprint density at radius 1 is 0.617 bits per heavy atom. The second-order valence-electron chi connectivity index (χ2n) is 14.2. The molecule has 18 nitrogen and oxygen atoms in total. The van der Waals surface area contributed by atoms with E-state index in [-0.39, 0.29) is 66.6 Å². The summed E-state index contributed by atoms with van der Waals surface area (Å²) in [5.41, 5.74) is 2.48. The van der Waals surface area contributed by atoms with E-state index in [1.54, 1.807) is 36.4 Å². The van der Waals surface area contributed by atoms with Gasteiger partial charge in [0.15, 0.2) is 0 Å². The highest BCUT2D eigenvalue weighted by atomic mass is 35.5. The average Bonchev–Trinajstić information content (AvgIpc) is 3.94. The molecule has 6 rings (SSSR count). The van der Waals surface area contributed by atoms with Gasteiger partial charge in [-0.15, -0.1) is 12.4 Å². The molecule has 0 aromatic heterocycles. The molecule has 0 radical (unpaired) electrons. The molecule has 4 N–H and O–H groups in total. The topological polar surface area (TPSA) is 261 Å². The molecule has 0 saturated carbocycles. The number of nitrogens with zero attached hydrogens (tertiary/aromatic N) is 2. The van der Waals surface area contributed by atoms with E-state index >= 15 is 0 Å². The van der Waals surface area contributed by atoms with Crippen LogP contribution in [0.5, 0.6) is 17.2 Å². The zero-order chi connectivity index (χ0) is 43.9. The van der Waals surface area contributed by atoms with Crippen molar-refractivity contribution in [3.8, 4) is 17.2 Å². The van der Waals surface area contributed by atoms with Crippen LogP contribution in [0.25, 0.3) is 0 Å². The molecule has 6 unspecified atom stereocenters. The van der Waals surface area contributed by atoms with Crippen LogP contribution in [0.2, 0.25) is 0 Å². The molecule has 3 heterocycles. The molecule has 60 heavy (non-hydrogen) atoms. The van der Waals surface area contributed by atoms with Crippen molar-refractivity contribution in [1.29, 1.82) is 0 Å². The maximum Gasteiger partial charge on any atom is 0.324 e. The van der Waals surface area contributed by atoms with Gasteiger partial charge in [0.1, 0.15) is 35.4 Å². The zero-order valence-electron chi connectivity index (χ0n) is 33.4. The molecule has 3 aliphatic rings. The highest BCUT2D eigenvalue weighted by molar-refractivity contribution is 7.88. The Hall–Kier alpha value is -4.51. The van der Waals surface area contributed by atoms with Gasteiger partial charge in [-0.25, -0.2) is 16.8 Å². The van der Waals surface area contributed by atoms with Crippen LogP contribution in [0.3, 0.4) is 0 Å². The van der Waals surface area contributed by atoms with Crippen LogP contribution in [0, 0.1) is 0 Å². The van der Waals surface area contributed by atoms with E-state index in [0.29, 0.717) is 18.4 Å². The number of carboxylic acid groups (broad SMARTS) is 1. The largest absolute Gasteiger partial charge is 0.508 e.